The van der Waals surface area contributed by atoms with Crippen molar-refractivity contribution < 1.29 is 42.8 Å². The maximum absolute atomic E-state index is 14.0. The average Bonchev–Trinajstić information content (AvgIpc) is 3.15. The summed E-state index contributed by atoms with van der Waals surface area (Å²) in [6.45, 7) is 5.74. The molecule has 0 bridgehead atoms. The first-order chi connectivity index (χ1) is 26.8. The molecule has 0 aromatic heterocycles. The zero-order valence-corrected chi connectivity index (χ0v) is 38.6. The van der Waals surface area contributed by atoms with Crippen LogP contribution in [0.4, 0.5) is 0 Å². The highest BCUT2D eigenvalue weighted by Gasteiger charge is 2.56. The van der Waals surface area contributed by atoms with Crippen molar-refractivity contribution in [2.75, 3.05) is 34.3 Å². The third kappa shape index (κ3) is 28.7. The third-order valence-electron chi connectivity index (χ3n) is 11.2. The van der Waals surface area contributed by atoms with E-state index in [2.05, 4.69) is 13.8 Å². The minimum absolute atomic E-state index is 0.101. The molecular weight excluding hydrogens is 725 g/mol. The molecule has 0 aromatic carbocycles. The summed E-state index contributed by atoms with van der Waals surface area (Å²) in [5.41, 5.74) is -2.67. The van der Waals surface area contributed by atoms with Crippen molar-refractivity contribution in [1.82, 2.24) is 0 Å². The van der Waals surface area contributed by atoms with Gasteiger partial charge in [-0.15, -0.1) is 0 Å². The van der Waals surface area contributed by atoms with Crippen molar-refractivity contribution in [3.8, 4) is 0 Å². The second-order valence-corrected chi connectivity index (χ2v) is 19.2. The fourth-order valence-electron chi connectivity index (χ4n) is 7.74. The Morgan fingerprint density at radius 1 is 0.554 bits per heavy atom. The second kappa shape index (κ2) is 35.1. The lowest BCUT2D eigenvalue weighted by Crippen LogP contribution is -2.58. The van der Waals surface area contributed by atoms with Crippen LogP contribution in [0, 0.1) is 0 Å². The van der Waals surface area contributed by atoms with Crippen molar-refractivity contribution in [1.29, 1.82) is 0 Å². The standard InChI is InChI=1S/C46H92NO8P/c1-7-10-12-14-16-18-20-22-24-26-28-30-32-34-36-38-43(49)46(45(51)41-48,55-56(52,53)54-42(9-3)40-47(4,5)6)44(50)39-37-35-33-31-29-27-25-23-21-19-17-15-13-11-8-2/h42,45,48,51H,7-41H2,1-6H3/p+1/t42?,45-/m0/s1. The number of carbonyl (C=O) groups is 2. The number of likely N-dealkylation sites (N-methyl/N-ethyl adjacent to an activating group) is 1. The van der Waals surface area contributed by atoms with Crippen LogP contribution in [0.2, 0.25) is 0 Å². The molecule has 0 fully saturated rings. The number of Topliss-reactive ketones (excluding diaryl/α,β-unsaturated/α-hetero) is 2. The minimum Gasteiger partial charge on any atom is -0.394 e. The number of ketones is 2. The van der Waals surface area contributed by atoms with E-state index in [0.29, 0.717) is 30.3 Å². The summed E-state index contributed by atoms with van der Waals surface area (Å²) in [6.07, 6.45) is 32.5. The lowest BCUT2D eigenvalue weighted by Gasteiger charge is -2.36. The van der Waals surface area contributed by atoms with Crippen LogP contribution in [-0.2, 0) is 23.2 Å². The van der Waals surface area contributed by atoms with Gasteiger partial charge in [-0.1, -0.05) is 201 Å². The molecular formula is C46H93NO8P+. The number of quaternary nitrogens is 1. The Morgan fingerprint density at radius 3 is 1.09 bits per heavy atom. The van der Waals surface area contributed by atoms with Crippen LogP contribution in [-0.4, -0.2) is 83.3 Å². The summed E-state index contributed by atoms with van der Waals surface area (Å²) < 4.78 is 25.1. The molecule has 0 radical (unpaired) electrons. The molecule has 2 unspecified atom stereocenters. The fourth-order valence-corrected chi connectivity index (χ4v) is 9.07. The van der Waals surface area contributed by atoms with Gasteiger partial charge in [0.1, 0.15) is 18.8 Å². The van der Waals surface area contributed by atoms with Crippen molar-refractivity contribution in [3.63, 3.8) is 0 Å². The zero-order chi connectivity index (χ0) is 42.0. The molecule has 0 rings (SSSR count). The Bertz CT molecular complexity index is 941. The highest BCUT2D eigenvalue weighted by Crippen LogP contribution is 2.51. The number of unbranched alkanes of at least 4 members (excludes halogenated alkanes) is 28. The second-order valence-electron chi connectivity index (χ2n) is 17.8. The predicted octanol–water partition coefficient (Wildman–Crippen LogP) is 12.4. The molecule has 0 spiro atoms. The number of hydrogen-bond acceptors (Lipinski definition) is 7. The first kappa shape index (κ1) is 55.3. The van der Waals surface area contributed by atoms with Gasteiger partial charge in [0.05, 0.1) is 27.7 Å². The van der Waals surface area contributed by atoms with Crippen molar-refractivity contribution >= 4 is 19.4 Å². The molecule has 0 saturated heterocycles. The number of carbonyl (C=O) groups excluding carboxylic acids is 2. The van der Waals surface area contributed by atoms with Gasteiger partial charge in [-0.3, -0.25) is 18.6 Å². The minimum atomic E-state index is -5.02. The number of aliphatic hydroxyl groups excluding tert-OH is 2. The maximum atomic E-state index is 14.0. The van der Waals surface area contributed by atoms with Gasteiger partial charge in [0.2, 0.25) is 5.60 Å². The van der Waals surface area contributed by atoms with Gasteiger partial charge in [-0.2, -0.15) is 0 Å². The number of nitrogens with zero attached hydrogens (tertiary/aromatic N) is 1. The van der Waals surface area contributed by atoms with Crippen LogP contribution in [0.25, 0.3) is 0 Å². The Labute approximate surface area is 346 Å². The van der Waals surface area contributed by atoms with E-state index in [0.717, 1.165) is 51.4 Å². The summed E-state index contributed by atoms with van der Waals surface area (Å²) in [5.74, 6) is -1.53. The summed E-state index contributed by atoms with van der Waals surface area (Å²) in [6, 6.07) is 0. The number of phosphoric acid groups is 1. The normalized spacial score (nSPS) is 14.5. The molecule has 0 saturated carbocycles. The summed E-state index contributed by atoms with van der Waals surface area (Å²) >= 11 is 0. The molecule has 0 aliphatic carbocycles. The molecule has 334 valence electrons. The van der Waals surface area contributed by atoms with Crippen molar-refractivity contribution in [3.05, 3.63) is 0 Å². The maximum Gasteiger partial charge on any atom is 0.474 e. The van der Waals surface area contributed by atoms with Crippen LogP contribution in [0.5, 0.6) is 0 Å². The number of hydrogen-bond donors (Lipinski definition) is 3. The molecule has 9 nitrogen and oxygen atoms in total. The summed E-state index contributed by atoms with van der Waals surface area (Å²) in [5, 5.41) is 21.2. The van der Waals surface area contributed by atoms with E-state index in [4.69, 9.17) is 9.05 Å². The lowest BCUT2D eigenvalue weighted by molar-refractivity contribution is -0.873. The quantitative estimate of drug-likeness (QED) is 0.0240. The molecule has 3 atom stereocenters. The van der Waals surface area contributed by atoms with E-state index in [-0.39, 0.29) is 12.8 Å². The van der Waals surface area contributed by atoms with Crippen LogP contribution >= 0.6 is 7.82 Å². The first-order valence-corrected chi connectivity index (χ1v) is 25.2. The Morgan fingerprint density at radius 2 is 0.839 bits per heavy atom. The SMILES string of the molecule is CCCCCCCCCCCCCCCCCC(=O)C(OP(=O)(O)OC(CC)C[N+](C)(C)C)(C(=O)CCCCCCCCCCCCCCCCC)[C@@H](O)CO. The Hall–Kier alpha value is -0.670. The number of rotatable bonds is 43. The fraction of sp³-hybridized carbons (Fsp3) is 0.957. The van der Waals surface area contributed by atoms with Crippen LogP contribution in [0.15, 0.2) is 0 Å². The van der Waals surface area contributed by atoms with Gasteiger partial charge in [-0.05, 0) is 19.3 Å². The molecule has 10 heteroatoms. The van der Waals surface area contributed by atoms with Gasteiger partial charge in [0.15, 0.2) is 11.6 Å². The van der Waals surface area contributed by atoms with Gasteiger partial charge < -0.3 is 19.6 Å². The Kier molecular flexibility index (Phi) is 34.7. The Balaban J connectivity index is 5.12. The van der Waals surface area contributed by atoms with E-state index in [9.17, 15) is 29.3 Å². The highest BCUT2D eigenvalue weighted by molar-refractivity contribution is 7.47. The van der Waals surface area contributed by atoms with Gasteiger partial charge in [-0.25, -0.2) is 4.57 Å². The molecule has 3 N–H and O–H groups in total. The van der Waals surface area contributed by atoms with E-state index in [1.54, 1.807) is 0 Å². The first-order valence-electron chi connectivity index (χ1n) is 23.7. The van der Waals surface area contributed by atoms with E-state index in [1.807, 2.05) is 28.1 Å². The van der Waals surface area contributed by atoms with Crippen LogP contribution < -0.4 is 0 Å². The van der Waals surface area contributed by atoms with Crippen molar-refractivity contribution in [2.45, 2.75) is 250 Å². The highest BCUT2D eigenvalue weighted by atomic mass is 31.2. The van der Waals surface area contributed by atoms with E-state index >= 15 is 0 Å². The van der Waals surface area contributed by atoms with E-state index < -0.39 is 43.8 Å². The monoisotopic (exact) mass is 819 g/mol. The zero-order valence-electron chi connectivity index (χ0n) is 37.7. The van der Waals surface area contributed by atoms with Gasteiger partial charge in [0.25, 0.3) is 0 Å². The van der Waals surface area contributed by atoms with Crippen LogP contribution in [0.3, 0.4) is 0 Å². The molecule has 56 heavy (non-hydrogen) atoms. The third-order valence-corrected chi connectivity index (χ3v) is 12.3. The van der Waals surface area contributed by atoms with Gasteiger partial charge in [0, 0.05) is 12.8 Å². The molecule has 0 aromatic rings. The largest absolute Gasteiger partial charge is 0.474 e. The summed E-state index contributed by atoms with van der Waals surface area (Å²) in [4.78, 5) is 38.9. The lowest BCUT2D eigenvalue weighted by atomic mass is 9.82. The van der Waals surface area contributed by atoms with Crippen molar-refractivity contribution in [2.24, 2.45) is 0 Å². The van der Waals surface area contributed by atoms with Gasteiger partial charge >= 0.3 is 7.82 Å². The van der Waals surface area contributed by atoms with Crippen LogP contribution in [0.1, 0.15) is 233 Å². The molecule has 0 heterocycles. The molecule has 0 aliphatic rings. The molecule has 0 amide bonds. The molecule has 0 aliphatic heterocycles. The van der Waals surface area contributed by atoms with E-state index in [1.165, 1.54) is 128 Å². The number of phosphoric ester groups is 1. The smallest absolute Gasteiger partial charge is 0.394 e. The summed E-state index contributed by atoms with van der Waals surface area (Å²) in [7, 11) is 0.762. The topological polar surface area (TPSA) is 130 Å². The average molecular weight is 819 g/mol. The number of aliphatic hydroxyl groups is 2. The predicted molar refractivity (Wildman–Crippen MR) is 234 cm³/mol.